The summed E-state index contributed by atoms with van der Waals surface area (Å²) in [5.74, 6) is 0.856. The lowest BCUT2D eigenvalue weighted by Gasteiger charge is -2.10. The fraction of sp³-hybridized carbons (Fsp3) is 0.538. The monoisotopic (exact) mass is 174 g/mol. The maximum absolute atomic E-state index is 2.36. The molecular formula is C13H18. The molecule has 0 spiro atoms. The number of rotatable bonds is 0. The Morgan fingerprint density at radius 3 is 2.31 bits per heavy atom. The second-order valence-corrected chi connectivity index (χ2v) is 4.61. The quantitative estimate of drug-likeness (QED) is 0.566. The van der Waals surface area contributed by atoms with Crippen LogP contribution in [0.2, 0.25) is 0 Å². The summed E-state index contributed by atoms with van der Waals surface area (Å²) < 4.78 is 0. The molecule has 0 N–H and O–H groups in total. The van der Waals surface area contributed by atoms with Crippen LogP contribution in [0.5, 0.6) is 0 Å². The highest BCUT2D eigenvalue weighted by molar-refractivity contribution is 5.47. The molecule has 0 heterocycles. The molecule has 1 aliphatic carbocycles. The lowest BCUT2D eigenvalue weighted by molar-refractivity contribution is 0.626. The number of hydrogen-bond acceptors (Lipinski definition) is 0. The zero-order chi connectivity index (χ0) is 9.59. The van der Waals surface area contributed by atoms with E-state index in [9.17, 15) is 0 Å². The van der Waals surface area contributed by atoms with Crippen LogP contribution in [0.3, 0.4) is 0 Å². The molecule has 0 saturated carbocycles. The Kier molecular flexibility index (Phi) is 1.94. The fourth-order valence-corrected chi connectivity index (χ4v) is 2.55. The van der Waals surface area contributed by atoms with Crippen LogP contribution in [-0.2, 0) is 12.8 Å². The van der Waals surface area contributed by atoms with Crippen molar-refractivity contribution in [1.82, 2.24) is 0 Å². The van der Waals surface area contributed by atoms with Gasteiger partial charge in [-0.15, -0.1) is 0 Å². The van der Waals surface area contributed by atoms with Crippen molar-refractivity contribution in [3.63, 3.8) is 0 Å². The topological polar surface area (TPSA) is 0 Å². The Morgan fingerprint density at radius 1 is 1.00 bits per heavy atom. The van der Waals surface area contributed by atoms with E-state index in [1.54, 1.807) is 11.1 Å². The molecule has 70 valence electrons. The van der Waals surface area contributed by atoms with E-state index in [0.29, 0.717) is 0 Å². The van der Waals surface area contributed by atoms with Gasteiger partial charge in [-0.2, -0.15) is 0 Å². The minimum atomic E-state index is 0.856. The molecule has 1 unspecified atom stereocenters. The maximum atomic E-state index is 2.36. The van der Waals surface area contributed by atoms with E-state index in [2.05, 4.69) is 33.8 Å². The highest BCUT2D eigenvalue weighted by Gasteiger charge is 2.21. The molecule has 0 aliphatic heterocycles. The molecule has 1 aromatic carbocycles. The first-order valence-electron chi connectivity index (χ1n) is 5.18. The standard InChI is InChI=1S/C13H18/c1-8-5-12-10(3)7-9(2)11(4)13(12)6-8/h7-8H,5-6H2,1-4H3. The summed E-state index contributed by atoms with van der Waals surface area (Å²) in [6.07, 6.45) is 2.59. The van der Waals surface area contributed by atoms with Gasteiger partial charge in [-0.25, -0.2) is 0 Å². The zero-order valence-corrected chi connectivity index (χ0v) is 9.07. The summed E-state index contributed by atoms with van der Waals surface area (Å²) in [6.45, 7) is 9.11. The van der Waals surface area contributed by atoms with Gasteiger partial charge in [0.15, 0.2) is 0 Å². The minimum absolute atomic E-state index is 0.856. The largest absolute Gasteiger partial charge is 0.0619 e. The van der Waals surface area contributed by atoms with Gasteiger partial charge in [0.25, 0.3) is 0 Å². The molecule has 0 fully saturated rings. The van der Waals surface area contributed by atoms with Crippen molar-refractivity contribution in [3.05, 3.63) is 33.9 Å². The highest BCUT2D eigenvalue weighted by atomic mass is 14.3. The van der Waals surface area contributed by atoms with Gasteiger partial charge in [-0.1, -0.05) is 13.0 Å². The van der Waals surface area contributed by atoms with Crippen LogP contribution in [0.15, 0.2) is 6.07 Å². The van der Waals surface area contributed by atoms with Gasteiger partial charge >= 0.3 is 0 Å². The molecule has 0 nitrogen and oxygen atoms in total. The van der Waals surface area contributed by atoms with E-state index < -0.39 is 0 Å². The zero-order valence-electron chi connectivity index (χ0n) is 9.07. The summed E-state index contributed by atoms with van der Waals surface area (Å²) in [6, 6.07) is 2.34. The normalized spacial score (nSPS) is 20.5. The van der Waals surface area contributed by atoms with Crippen molar-refractivity contribution < 1.29 is 0 Å². The molecule has 0 amide bonds. The third-order valence-electron chi connectivity index (χ3n) is 3.42. The molecule has 1 aliphatic rings. The summed E-state index contributed by atoms with van der Waals surface area (Å²) in [5.41, 5.74) is 7.78. The molecule has 0 aromatic heterocycles. The van der Waals surface area contributed by atoms with E-state index in [0.717, 1.165) is 5.92 Å². The van der Waals surface area contributed by atoms with Crippen molar-refractivity contribution in [2.75, 3.05) is 0 Å². The van der Waals surface area contributed by atoms with E-state index in [1.807, 2.05) is 0 Å². The first-order chi connectivity index (χ1) is 6.09. The minimum Gasteiger partial charge on any atom is -0.0619 e. The van der Waals surface area contributed by atoms with Crippen molar-refractivity contribution in [1.29, 1.82) is 0 Å². The van der Waals surface area contributed by atoms with Gasteiger partial charge in [0.2, 0.25) is 0 Å². The van der Waals surface area contributed by atoms with Gasteiger partial charge in [-0.05, 0) is 67.3 Å². The van der Waals surface area contributed by atoms with Crippen molar-refractivity contribution >= 4 is 0 Å². The predicted octanol–water partition coefficient (Wildman–Crippen LogP) is 3.35. The summed E-state index contributed by atoms with van der Waals surface area (Å²) in [7, 11) is 0. The Morgan fingerprint density at radius 2 is 1.62 bits per heavy atom. The Hall–Kier alpha value is -0.780. The lowest BCUT2D eigenvalue weighted by atomic mass is 9.96. The summed E-state index contributed by atoms with van der Waals surface area (Å²) in [5, 5.41) is 0. The molecule has 0 heteroatoms. The van der Waals surface area contributed by atoms with Gasteiger partial charge in [0.1, 0.15) is 0 Å². The van der Waals surface area contributed by atoms with Crippen LogP contribution < -0.4 is 0 Å². The lowest BCUT2D eigenvalue weighted by Crippen LogP contribution is -1.94. The average Bonchev–Trinajstić information content (AvgIpc) is 2.44. The molecule has 0 bridgehead atoms. The average molecular weight is 174 g/mol. The Balaban J connectivity index is 2.62. The molecule has 13 heavy (non-hydrogen) atoms. The van der Waals surface area contributed by atoms with Crippen LogP contribution in [0, 0.1) is 26.7 Å². The van der Waals surface area contributed by atoms with E-state index >= 15 is 0 Å². The van der Waals surface area contributed by atoms with E-state index in [1.165, 1.54) is 29.5 Å². The van der Waals surface area contributed by atoms with E-state index in [4.69, 9.17) is 0 Å². The Bertz CT molecular complexity index is 348. The number of aryl methyl sites for hydroxylation is 2. The second kappa shape index (κ2) is 2.87. The van der Waals surface area contributed by atoms with Crippen LogP contribution in [0.4, 0.5) is 0 Å². The van der Waals surface area contributed by atoms with Gasteiger partial charge in [0, 0.05) is 0 Å². The van der Waals surface area contributed by atoms with Crippen LogP contribution in [0.25, 0.3) is 0 Å². The third kappa shape index (κ3) is 1.29. The third-order valence-corrected chi connectivity index (χ3v) is 3.42. The highest BCUT2D eigenvalue weighted by Crippen LogP contribution is 2.32. The van der Waals surface area contributed by atoms with E-state index in [-0.39, 0.29) is 0 Å². The van der Waals surface area contributed by atoms with Gasteiger partial charge in [-0.3, -0.25) is 0 Å². The Labute approximate surface area is 81.0 Å². The molecule has 0 saturated heterocycles. The first kappa shape index (κ1) is 8.80. The van der Waals surface area contributed by atoms with Crippen molar-refractivity contribution in [3.8, 4) is 0 Å². The molecular weight excluding hydrogens is 156 g/mol. The van der Waals surface area contributed by atoms with Crippen LogP contribution >= 0.6 is 0 Å². The summed E-state index contributed by atoms with van der Waals surface area (Å²) >= 11 is 0. The molecule has 1 aromatic rings. The predicted molar refractivity (Wildman–Crippen MR) is 57.2 cm³/mol. The molecule has 2 rings (SSSR count). The molecule has 0 radical (unpaired) electrons. The van der Waals surface area contributed by atoms with Gasteiger partial charge in [0.05, 0.1) is 0 Å². The van der Waals surface area contributed by atoms with Crippen molar-refractivity contribution in [2.24, 2.45) is 5.92 Å². The number of hydrogen-bond donors (Lipinski definition) is 0. The summed E-state index contributed by atoms with van der Waals surface area (Å²) in [4.78, 5) is 0. The number of fused-ring (bicyclic) bond motifs is 1. The maximum Gasteiger partial charge on any atom is -0.0244 e. The smallest absolute Gasteiger partial charge is 0.0244 e. The fourth-order valence-electron chi connectivity index (χ4n) is 2.55. The van der Waals surface area contributed by atoms with Gasteiger partial charge < -0.3 is 0 Å². The first-order valence-corrected chi connectivity index (χ1v) is 5.18. The SMILES string of the molecule is Cc1cc(C)c2c(c1C)CC(C)C2. The second-order valence-electron chi connectivity index (χ2n) is 4.61. The number of benzene rings is 1. The van der Waals surface area contributed by atoms with Crippen molar-refractivity contribution in [2.45, 2.75) is 40.5 Å². The molecule has 1 atom stereocenters. The van der Waals surface area contributed by atoms with Crippen LogP contribution in [0.1, 0.15) is 34.7 Å². The van der Waals surface area contributed by atoms with Crippen LogP contribution in [-0.4, -0.2) is 0 Å².